The summed E-state index contributed by atoms with van der Waals surface area (Å²) in [5, 5.41) is 9.86. The standard InChI is InChI=1S/C15H22O2/c1-17-15-10-6-13(7-11-15)5-9-14(16)8-4-12-2-3-12/h6-7,10-12,14,16H,2-5,8-9H2,1H3. The van der Waals surface area contributed by atoms with Gasteiger partial charge in [-0.05, 0) is 49.3 Å². The molecular weight excluding hydrogens is 212 g/mol. The third kappa shape index (κ3) is 4.39. The van der Waals surface area contributed by atoms with Crippen LogP contribution in [-0.2, 0) is 6.42 Å². The van der Waals surface area contributed by atoms with Gasteiger partial charge >= 0.3 is 0 Å². The van der Waals surface area contributed by atoms with Crippen LogP contribution in [-0.4, -0.2) is 18.3 Å². The van der Waals surface area contributed by atoms with Gasteiger partial charge in [-0.15, -0.1) is 0 Å². The average molecular weight is 234 g/mol. The number of aliphatic hydroxyl groups excluding tert-OH is 1. The van der Waals surface area contributed by atoms with Crippen LogP contribution >= 0.6 is 0 Å². The average Bonchev–Trinajstić information content (AvgIpc) is 3.18. The van der Waals surface area contributed by atoms with Gasteiger partial charge in [-0.2, -0.15) is 0 Å². The number of benzene rings is 1. The molecule has 0 bridgehead atoms. The topological polar surface area (TPSA) is 29.5 Å². The van der Waals surface area contributed by atoms with E-state index in [2.05, 4.69) is 12.1 Å². The van der Waals surface area contributed by atoms with E-state index in [1.54, 1.807) is 7.11 Å². The van der Waals surface area contributed by atoms with E-state index in [1.807, 2.05) is 12.1 Å². The van der Waals surface area contributed by atoms with Crippen molar-refractivity contribution in [1.82, 2.24) is 0 Å². The summed E-state index contributed by atoms with van der Waals surface area (Å²) in [7, 11) is 1.68. The molecule has 2 rings (SSSR count). The maximum absolute atomic E-state index is 9.86. The smallest absolute Gasteiger partial charge is 0.118 e. The van der Waals surface area contributed by atoms with E-state index in [4.69, 9.17) is 4.74 Å². The predicted octanol–water partition coefficient (Wildman–Crippen LogP) is 3.18. The lowest BCUT2D eigenvalue weighted by molar-refractivity contribution is 0.150. The molecule has 1 atom stereocenters. The van der Waals surface area contributed by atoms with Gasteiger partial charge in [-0.25, -0.2) is 0 Å². The van der Waals surface area contributed by atoms with Crippen LogP contribution in [0.1, 0.15) is 37.7 Å². The van der Waals surface area contributed by atoms with E-state index in [0.29, 0.717) is 0 Å². The van der Waals surface area contributed by atoms with Crippen molar-refractivity contribution in [1.29, 1.82) is 0 Å². The molecule has 17 heavy (non-hydrogen) atoms. The van der Waals surface area contributed by atoms with Crippen LogP contribution in [0.5, 0.6) is 5.75 Å². The molecule has 94 valence electrons. The van der Waals surface area contributed by atoms with Gasteiger partial charge in [0, 0.05) is 0 Å². The molecule has 1 aromatic carbocycles. The molecule has 1 aliphatic rings. The van der Waals surface area contributed by atoms with Crippen molar-refractivity contribution < 1.29 is 9.84 Å². The molecule has 1 fully saturated rings. The first-order valence-electron chi connectivity index (χ1n) is 6.59. The van der Waals surface area contributed by atoms with E-state index in [0.717, 1.165) is 30.9 Å². The molecule has 0 amide bonds. The van der Waals surface area contributed by atoms with E-state index in [1.165, 1.54) is 24.8 Å². The summed E-state index contributed by atoms with van der Waals surface area (Å²) < 4.78 is 5.12. The van der Waals surface area contributed by atoms with Crippen molar-refractivity contribution >= 4 is 0 Å². The van der Waals surface area contributed by atoms with Crippen LogP contribution in [0.15, 0.2) is 24.3 Å². The van der Waals surface area contributed by atoms with Crippen LogP contribution in [0.2, 0.25) is 0 Å². The molecule has 0 heterocycles. The largest absolute Gasteiger partial charge is 0.497 e. The van der Waals surface area contributed by atoms with Gasteiger partial charge in [0.25, 0.3) is 0 Å². The highest BCUT2D eigenvalue weighted by Gasteiger charge is 2.21. The molecule has 0 spiro atoms. The minimum absolute atomic E-state index is 0.127. The van der Waals surface area contributed by atoms with Crippen LogP contribution in [0.4, 0.5) is 0 Å². The molecule has 0 aliphatic heterocycles. The fraction of sp³-hybridized carbons (Fsp3) is 0.600. The Kier molecular flexibility index (Phi) is 4.43. The van der Waals surface area contributed by atoms with Gasteiger partial charge in [0.05, 0.1) is 13.2 Å². The second-order valence-electron chi connectivity index (χ2n) is 5.06. The van der Waals surface area contributed by atoms with Crippen molar-refractivity contribution in [2.75, 3.05) is 7.11 Å². The second kappa shape index (κ2) is 6.06. The van der Waals surface area contributed by atoms with Crippen LogP contribution in [0, 0.1) is 5.92 Å². The summed E-state index contributed by atoms with van der Waals surface area (Å²) in [6.07, 6.45) is 6.65. The first-order valence-corrected chi connectivity index (χ1v) is 6.59. The van der Waals surface area contributed by atoms with Crippen LogP contribution in [0.3, 0.4) is 0 Å². The molecule has 2 heteroatoms. The Bertz CT molecular complexity index is 327. The first kappa shape index (κ1) is 12.4. The molecule has 1 saturated carbocycles. The second-order valence-corrected chi connectivity index (χ2v) is 5.06. The molecule has 1 N–H and O–H groups in total. The third-order valence-corrected chi connectivity index (χ3v) is 3.53. The zero-order chi connectivity index (χ0) is 12.1. The molecule has 1 aromatic rings. The Morgan fingerprint density at radius 3 is 2.53 bits per heavy atom. The van der Waals surface area contributed by atoms with Gasteiger partial charge in [0.15, 0.2) is 0 Å². The highest BCUT2D eigenvalue weighted by atomic mass is 16.5. The summed E-state index contributed by atoms with van der Waals surface area (Å²) in [4.78, 5) is 0. The number of hydrogen-bond donors (Lipinski definition) is 1. The van der Waals surface area contributed by atoms with Gasteiger partial charge in [0.2, 0.25) is 0 Å². The van der Waals surface area contributed by atoms with Crippen molar-refractivity contribution in [2.45, 2.75) is 44.6 Å². The molecule has 1 aliphatic carbocycles. The van der Waals surface area contributed by atoms with E-state index >= 15 is 0 Å². The maximum atomic E-state index is 9.86. The minimum atomic E-state index is -0.127. The van der Waals surface area contributed by atoms with Crippen LogP contribution in [0.25, 0.3) is 0 Å². The zero-order valence-electron chi connectivity index (χ0n) is 10.6. The molecule has 0 radical (unpaired) electrons. The molecule has 0 aromatic heterocycles. The summed E-state index contributed by atoms with van der Waals surface area (Å²) in [5.74, 6) is 1.81. The number of methoxy groups -OCH3 is 1. The Labute approximate surface area is 104 Å². The van der Waals surface area contributed by atoms with Gasteiger partial charge in [-0.1, -0.05) is 25.0 Å². The third-order valence-electron chi connectivity index (χ3n) is 3.53. The Morgan fingerprint density at radius 1 is 1.24 bits per heavy atom. The monoisotopic (exact) mass is 234 g/mol. The molecule has 0 saturated heterocycles. The predicted molar refractivity (Wildman–Crippen MR) is 69.3 cm³/mol. The minimum Gasteiger partial charge on any atom is -0.497 e. The zero-order valence-corrected chi connectivity index (χ0v) is 10.6. The maximum Gasteiger partial charge on any atom is 0.118 e. The quantitative estimate of drug-likeness (QED) is 0.785. The van der Waals surface area contributed by atoms with E-state index in [-0.39, 0.29) is 6.10 Å². The SMILES string of the molecule is COc1ccc(CCC(O)CCC2CC2)cc1. The Morgan fingerprint density at radius 2 is 1.94 bits per heavy atom. The lowest BCUT2D eigenvalue weighted by Gasteiger charge is -2.10. The fourth-order valence-corrected chi connectivity index (χ4v) is 2.10. The molecule has 1 unspecified atom stereocenters. The van der Waals surface area contributed by atoms with Gasteiger partial charge in [0.1, 0.15) is 5.75 Å². The summed E-state index contributed by atoms with van der Waals surface area (Å²) in [5.41, 5.74) is 1.27. The summed E-state index contributed by atoms with van der Waals surface area (Å²) >= 11 is 0. The number of hydrogen-bond acceptors (Lipinski definition) is 2. The van der Waals surface area contributed by atoms with Crippen LogP contribution < -0.4 is 4.74 Å². The van der Waals surface area contributed by atoms with E-state index < -0.39 is 0 Å². The van der Waals surface area contributed by atoms with Crippen molar-refractivity contribution in [3.63, 3.8) is 0 Å². The summed E-state index contributed by atoms with van der Waals surface area (Å²) in [6, 6.07) is 8.11. The van der Waals surface area contributed by atoms with Gasteiger partial charge in [-0.3, -0.25) is 0 Å². The van der Waals surface area contributed by atoms with Crippen molar-refractivity contribution in [3.8, 4) is 5.75 Å². The number of rotatable bonds is 7. The van der Waals surface area contributed by atoms with E-state index in [9.17, 15) is 5.11 Å². The van der Waals surface area contributed by atoms with Gasteiger partial charge < -0.3 is 9.84 Å². The highest BCUT2D eigenvalue weighted by Crippen LogP contribution is 2.34. The number of aryl methyl sites for hydroxylation is 1. The van der Waals surface area contributed by atoms with Crippen molar-refractivity contribution in [2.24, 2.45) is 5.92 Å². The van der Waals surface area contributed by atoms with Crippen molar-refractivity contribution in [3.05, 3.63) is 29.8 Å². The lowest BCUT2D eigenvalue weighted by Crippen LogP contribution is -2.08. The summed E-state index contributed by atoms with van der Waals surface area (Å²) in [6.45, 7) is 0. The molecular formula is C15H22O2. The number of ether oxygens (including phenoxy) is 1. The highest BCUT2D eigenvalue weighted by molar-refractivity contribution is 5.27. The molecule has 2 nitrogen and oxygen atoms in total. The lowest BCUT2D eigenvalue weighted by atomic mass is 10.0. The first-order chi connectivity index (χ1) is 8.28. The Balaban J connectivity index is 1.68. The normalized spacial score (nSPS) is 16.8. The fourth-order valence-electron chi connectivity index (χ4n) is 2.10. The Hall–Kier alpha value is -1.02. The number of aliphatic hydroxyl groups is 1.